The molecule has 0 saturated carbocycles. The van der Waals surface area contributed by atoms with Gasteiger partial charge in [-0.25, -0.2) is 0 Å². The van der Waals surface area contributed by atoms with Gasteiger partial charge < -0.3 is 4.90 Å². The highest BCUT2D eigenvalue weighted by molar-refractivity contribution is 6.08. The minimum absolute atomic E-state index is 0.0681. The normalized spacial score (nSPS) is 24.0. The second-order valence-corrected chi connectivity index (χ2v) is 9.88. The monoisotopic (exact) mass is 468 g/mol. The minimum Gasteiger partial charge on any atom is -0.338 e. The highest BCUT2D eigenvalue weighted by Crippen LogP contribution is 2.37. The molecule has 0 spiro atoms. The summed E-state index contributed by atoms with van der Waals surface area (Å²) in [5.41, 5.74) is 0.926. The zero-order valence-corrected chi connectivity index (χ0v) is 19.8. The Morgan fingerprint density at radius 2 is 1.68 bits per heavy atom. The van der Waals surface area contributed by atoms with E-state index in [0.29, 0.717) is 52.0 Å². The first-order chi connectivity index (χ1) is 16.3. The van der Waals surface area contributed by atoms with E-state index in [1.807, 2.05) is 32.1 Å². The van der Waals surface area contributed by atoms with Crippen molar-refractivity contribution in [2.45, 2.75) is 45.7 Å². The lowest BCUT2D eigenvalue weighted by Crippen LogP contribution is -2.56. The molecule has 4 rings (SSSR count). The van der Waals surface area contributed by atoms with E-state index in [9.17, 15) is 24.5 Å². The minimum atomic E-state index is -0.756. The average molecular weight is 469 g/mol. The van der Waals surface area contributed by atoms with Crippen LogP contribution in [-0.4, -0.2) is 69.6 Å². The van der Waals surface area contributed by atoms with Crippen molar-refractivity contribution in [2.75, 3.05) is 26.2 Å². The third-order valence-corrected chi connectivity index (χ3v) is 7.04. The largest absolute Gasteiger partial charge is 0.338 e. The van der Waals surface area contributed by atoms with Crippen molar-refractivity contribution in [3.05, 3.63) is 52.1 Å². The van der Waals surface area contributed by atoms with E-state index in [0.717, 1.165) is 5.56 Å². The summed E-state index contributed by atoms with van der Waals surface area (Å²) in [7, 11) is 0. The van der Waals surface area contributed by atoms with Crippen molar-refractivity contribution < 1.29 is 19.3 Å². The Morgan fingerprint density at radius 3 is 2.24 bits per heavy atom. The molecule has 2 aliphatic heterocycles. The fourth-order valence-corrected chi connectivity index (χ4v) is 5.26. The average Bonchev–Trinajstić information content (AvgIpc) is 3.08. The van der Waals surface area contributed by atoms with Gasteiger partial charge in [-0.1, -0.05) is 38.1 Å². The van der Waals surface area contributed by atoms with Crippen LogP contribution in [0.2, 0.25) is 0 Å². The van der Waals surface area contributed by atoms with Crippen LogP contribution in [0.4, 0.5) is 5.69 Å². The molecule has 1 aromatic carbocycles. The predicted molar refractivity (Wildman–Crippen MR) is 125 cm³/mol. The predicted octanol–water partition coefficient (Wildman–Crippen LogP) is 2.60. The van der Waals surface area contributed by atoms with E-state index in [1.54, 1.807) is 17.0 Å². The number of hydrogen-bond donors (Lipinski definition) is 0. The van der Waals surface area contributed by atoms with E-state index in [-0.39, 0.29) is 41.2 Å². The number of hydrogen-bond acceptors (Lipinski definition) is 6. The van der Waals surface area contributed by atoms with Crippen LogP contribution >= 0.6 is 0 Å². The number of nitrogens with zero attached hydrogens (tertiary/aromatic N) is 4. The standard InChI is InChI=1S/C25H32N4O5/c1-17(2)14-22(28-23(30)20-8-3-4-9-21(20)24(28)31)25(32)27-12-10-26(11-13-27)16-18-6-5-7-19(15-18)29(33)34/h3-7,15,17,20-22H,8-14,16H2,1-2H3. The fourth-order valence-electron chi connectivity index (χ4n) is 5.26. The van der Waals surface area contributed by atoms with E-state index in [2.05, 4.69) is 4.90 Å². The molecule has 2 saturated heterocycles. The van der Waals surface area contributed by atoms with Gasteiger partial charge in [-0.15, -0.1) is 0 Å². The molecule has 0 radical (unpaired) electrons. The van der Waals surface area contributed by atoms with Crippen LogP contribution in [-0.2, 0) is 20.9 Å². The Kier molecular flexibility index (Phi) is 7.11. The molecule has 1 aromatic rings. The van der Waals surface area contributed by atoms with Gasteiger partial charge in [0, 0.05) is 44.9 Å². The summed E-state index contributed by atoms with van der Waals surface area (Å²) in [6.45, 7) is 6.80. The number of piperazine rings is 1. The maximum atomic E-state index is 13.6. The molecule has 3 unspecified atom stereocenters. The number of likely N-dealkylation sites (tertiary alicyclic amines) is 1. The van der Waals surface area contributed by atoms with Crippen molar-refractivity contribution >= 4 is 23.4 Å². The zero-order valence-electron chi connectivity index (χ0n) is 19.8. The van der Waals surface area contributed by atoms with Crippen molar-refractivity contribution in [2.24, 2.45) is 17.8 Å². The zero-order chi connectivity index (χ0) is 24.4. The smallest absolute Gasteiger partial charge is 0.269 e. The molecule has 9 heteroatoms. The number of benzene rings is 1. The first-order valence-corrected chi connectivity index (χ1v) is 12.0. The highest BCUT2D eigenvalue weighted by Gasteiger charge is 2.51. The summed E-state index contributed by atoms with van der Waals surface area (Å²) >= 11 is 0. The second-order valence-electron chi connectivity index (χ2n) is 9.88. The maximum absolute atomic E-state index is 13.6. The SMILES string of the molecule is CC(C)CC(C(=O)N1CCN(Cc2cccc([N+](=O)[O-])c2)CC1)N1C(=O)C2CC=CCC2C1=O. The summed E-state index contributed by atoms with van der Waals surface area (Å²) in [5, 5.41) is 11.0. The number of nitro benzene ring substituents is 1. The number of carbonyl (C=O) groups excluding carboxylic acids is 3. The lowest BCUT2D eigenvalue weighted by atomic mass is 9.85. The molecule has 2 heterocycles. The molecular weight excluding hydrogens is 436 g/mol. The van der Waals surface area contributed by atoms with Gasteiger partial charge in [0.15, 0.2) is 0 Å². The molecule has 0 aromatic heterocycles. The number of non-ortho nitro benzene ring substituents is 1. The molecule has 1 aliphatic carbocycles. The molecule has 3 amide bonds. The molecule has 0 N–H and O–H groups in total. The number of imide groups is 1. The van der Waals surface area contributed by atoms with Gasteiger partial charge in [-0.05, 0) is 30.7 Å². The van der Waals surface area contributed by atoms with E-state index < -0.39 is 11.0 Å². The Hall–Kier alpha value is -3.07. The van der Waals surface area contributed by atoms with Crippen molar-refractivity contribution in [3.8, 4) is 0 Å². The van der Waals surface area contributed by atoms with Crippen molar-refractivity contribution in [1.29, 1.82) is 0 Å². The van der Waals surface area contributed by atoms with Crippen LogP contribution in [0.3, 0.4) is 0 Å². The molecular formula is C25H32N4O5. The summed E-state index contributed by atoms with van der Waals surface area (Å²) in [4.78, 5) is 55.7. The fraction of sp³-hybridized carbons (Fsp3) is 0.560. The van der Waals surface area contributed by atoms with Crippen LogP contribution < -0.4 is 0 Å². The summed E-state index contributed by atoms with van der Waals surface area (Å²) < 4.78 is 0. The topological polar surface area (TPSA) is 104 Å². The molecule has 182 valence electrons. The summed E-state index contributed by atoms with van der Waals surface area (Å²) in [6.07, 6.45) is 5.48. The first-order valence-electron chi connectivity index (χ1n) is 12.0. The van der Waals surface area contributed by atoms with Gasteiger partial charge in [0.05, 0.1) is 16.8 Å². The van der Waals surface area contributed by atoms with Gasteiger partial charge in [-0.2, -0.15) is 0 Å². The number of amides is 3. The van der Waals surface area contributed by atoms with E-state index >= 15 is 0 Å². The molecule has 3 atom stereocenters. The van der Waals surface area contributed by atoms with Crippen molar-refractivity contribution in [1.82, 2.24) is 14.7 Å². The lowest BCUT2D eigenvalue weighted by molar-refractivity contribution is -0.384. The van der Waals surface area contributed by atoms with Crippen LogP contribution in [0, 0.1) is 27.9 Å². The van der Waals surface area contributed by atoms with Gasteiger partial charge in [-0.3, -0.25) is 34.3 Å². The number of carbonyl (C=O) groups is 3. The number of fused-ring (bicyclic) bond motifs is 1. The van der Waals surface area contributed by atoms with Crippen LogP contribution in [0.25, 0.3) is 0 Å². The van der Waals surface area contributed by atoms with Gasteiger partial charge in [0.25, 0.3) is 5.69 Å². The number of nitro groups is 1. The van der Waals surface area contributed by atoms with Crippen molar-refractivity contribution in [3.63, 3.8) is 0 Å². The lowest BCUT2D eigenvalue weighted by Gasteiger charge is -2.38. The molecule has 2 fully saturated rings. The quantitative estimate of drug-likeness (QED) is 0.264. The van der Waals surface area contributed by atoms with E-state index in [4.69, 9.17) is 0 Å². The Bertz CT molecular complexity index is 973. The summed E-state index contributed by atoms with van der Waals surface area (Å²) in [5.74, 6) is -1.09. The molecule has 3 aliphatic rings. The van der Waals surface area contributed by atoms with Crippen LogP contribution in [0.15, 0.2) is 36.4 Å². The molecule has 9 nitrogen and oxygen atoms in total. The Morgan fingerprint density at radius 1 is 1.06 bits per heavy atom. The Balaban J connectivity index is 1.42. The Labute approximate surface area is 199 Å². The van der Waals surface area contributed by atoms with Crippen LogP contribution in [0.1, 0.15) is 38.7 Å². The van der Waals surface area contributed by atoms with Gasteiger partial charge >= 0.3 is 0 Å². The third-order valence-electron chi connectivity index (χ3n) is 7.04. The van der Waals surface area contributed by atoms with Crippen LogP contribution in [0.5, 0.6) is 0 Å². The molecule has 0 bridgehead atoms. The highest BCUT2D eigenvalue weighted by atomic mass is 16.6. The van der Waals surface area contributed by atoms with Gasteiger partial charge in [0.2, 0.25) is 17.7 Å². The first kappa shape index (κ1) is 24.1. The number of rotatable bonds is 7. The van der Waals surface area contributed by atoms with Gasteiger partial charge in [0.1, 0.15) is 6.04 Å². The second kappa shape index (κ2) is 10.0. The number of allylic oxidation sites excluding steroid dienone is 2. The maximum Gasteiger partial charge on any atom is 0.269 e. The molecule has 34 heavy (non-hydrogen) atoms. The van der Waals surface area contributed by atoms with E-state index in [1.165, 1.54) is 11.0 Å². The summed E-state index contributed by atoms with van der Waals surface area (Å²) in [6, 6.07) is 5.84. The third kappa shape index (κ3) is 4.89.